The summed E-state index contributed by atoms with van der Waals surface area (Å²) in [5.41, 5.74) is 2.11. The summed E-state index contributed by atoms with van der Waals surface area (Å²) in [6.07, 6.45) is 5.96. The molecule has 35 heavy (non-hydrogen) atoms. The van der Waals surface area contributed by atoms with Gasteiger partial charge in [0.15, 0.2) is 11.5 Å². The van der Waals surface area contributed by atoms with Crippen molar-refractivity contribution in [3.63, 3.8) is 0 Å². The molecule has 0 saturated heterocycles. The summed E-state index contributed by atoms with van der Waals surface area (Å²) < 4.78 is 10.9. The zero-order valence-corrected chi connectivity index (χ0v) is 20.8. The van der Waals surface area contributed by atoms with Crippen molar-refractivity contribution in [3.05, 3.63) is 48.0 Å². The Morgan fingerprint density at radius 2 is 1.71 bits per heavy atom. The van der Waals surface area contributed by atoms with Gasteiger partial charge in [-0.2, -0.15) is 4.98 Å². The predicted octanol–water partition coefficient (Wildman–Crippen LogP) is 5.50. The van der Waals surface area contributed by atoms with E-state index >= 15 is 0 Å². The number of anilines is 2. The first kappa shape index (κ1) is 26.5. The maximum absolute atomic E-state index is 5.53. The minimum Gasteiger partial charge on any atom is -0.493 e. The molecule has 0 radical (unpaired) electrons. The number of para-hydroxylation sites is 2. The smallest absolute Gasteiger partial charge is 0.225 e. The molecule has 2 aromatic carbocycles. The molecule has 0 spiro atoms. The van der Waals surface area contributed by atoms with Gasteiger partial charge in [-0.15, -0.1) is 0 Å². The van der Waals surface area contributed by atoms with Crippen molar-refractivity contribution in [1.82, 2.24) is 15.3 Å². The summed E-state index contributed by atoms with van der Waals surface area (Å²) in [5.74, 6) is 4.05. The zero-order chi connectivity index (χ0) is 23.9. The Morgan fingerprint density at radius 3 is 2.43 bits per heavy atom. The minimum absolute atomic E-state index is 0. The molecule has 4 rings (SSSR count). The van der Waals surface area contributed by atoms with Crippen molar-refractivity contribution in [3.8, 4) is 11.5 Å². The Bertz CT molecular complexity index is 1080. The van der Waals surface area contributed by atoms with E-state index in [1.807, 2.05) is 38.4 Å². The largest absolute Gasteiger partial charge is 0.493 e. The topological polar surface area (TPSA) is 71.5 Å². The van der Waals surface area contributed by atoms with E-state index in [0.29, 0.717) is 6.04 Å². The number of hydrogen-bond donors (Lipinski definition) is 2. The second-order valence-electron chi connectivity index (χ2n) is 9.26. The molecular weight excluding hydrogens is 438 g/mol. The highest BCUT2D eigenvalue weighted by Gasteiger charge is 2.22. The number of rotatable bonds is 10. The first-order chi connectivity index (χ1) is 16.6. The highest BCUT2D eigenvalue weighted by atomic mass is 16.5. The molecule has 2 N–H and O–H groups in total. The fourth-order valence-electron chi connectivity index (χ4n) is 4.87. The molecule has 1 aromatic heterocycles. The van der Waals surface area contributed by atoms with Gasteiger partial charge < -0.3 is 25.0 Å². The zero-order valence-electron chi connectivity index (χ0n) is 20.8. The minimum atomic E-state index is 0. The molecule has 1 heterocycles. The normalized spacial score (nSPS) is 17.5. The van der Waals surface area contributed by atoms with Crippen LogP contribution < -0.4 is 25.0 Å². The molecule has 1 aliphatic carbocycles. The monoisotopic (exact) mass is 479 g/mol. The summed E-state index contributed by atoms with van der Waals surface area (Å²) >= 11 is 0. The first-order valence-corrected chi connectivity index (χ1v) is 12.2. The van der Waals surface area contributed by atoms with Crippen molar-refractivity contribution >= 4 is 22.7 Å². The maximum Gasteiger partial charge on any atom is 0.225 e. The molecule has 3 aromatic rings. The number of hydrogen-bond acceptors (Lipinski definition) is 7. The lowest BCUT2D eigenvalue weighted by atomic mass is 9.84. The van der Waals surface area contributed by atoms with Crippen LogP contribution in [0.2, 0.25) is 0 Å². The van der Waals surface area contributed by atoms with Crippen LogP contribution in [-0.2, 0) is 6.54 Å². The highest BCUT2D eigenvalue weighted by molar-refractivity contribution is 5.90. The van der Waals surface area contributed by atoms with Crippen LogP contribution >= 0.6 is 0 Å². The molecule has 0 atom stereocenters. The number of nitrogens with one attached hydrogen (secondary N) is 2. The molecular formula is C28H41N5O2. The number of benzene rings is 2. The molecule has 0 aliphatic heterocycles. The standard InChI is InChI=1S/C27H37N5O2.CH4/c1-32(2)26-22-9-5-6-10-23(22)30-27(31-26)29-21-14-12-19(13-15-21)16-17-28-18-20-8-7-11-24(33-3)25(20)34-4;/h5-11,19,21,28H,12-18H2,1-4H3,(H,29,30,31);1H4. The van der Waals surface area contributed by atoms with Crippen LogP contribution in [0.25, 0.3) is 10.9 Å². The molecule has 1 fully saturated rings. The third kappa shape index (κ3) is 6.54. The van der Waals surface area contributed by atoms with Gasteiger partial charge in [0.25, 0.3) is 0 Å². The van der Waals surface area contributed by atoms with Crippen LogP contribution in [0.1, 0.15) is 45.1 Å². The van der Waals surface area contributed by atoms with Crippen molar-refractivity contribution < 1.29 is 9.47 Å². The van der Waals surface area contributed by atoms with Crippen molar-refractivity contribution in [2.75, 3.05) is 45.1 Å². The Balaban J connectivity index is 0.00000342. The summed E-state index contributed by atoms with van der Waals surface area (Å²) in [5, 5.41) is 8.28. The summed E-state index contributed by atoms with van der Waals surface area (Å²) in [7, 11) is 7.43. The lowest BCUT2D eigenvalue weighted by Gasteiger charge is -2.29. The van der Waals surface area contributed by atoms with Crippen LogP contribution in [0.15, 0.2) is 42.5 Å². The fourth-order valence-corrected chi connectivity index (χ4v) is 4.87. The highest BCUT2D eigenvalue weighted by Crippen LogP contribution is 2.31. The lowest BCUT2D eigenvalue weighted by molar-refractivity contribution is 0.315. The van der Waals surface area contributed by atoms with Gasteiger partial charge in [-0.25, -0.2) is 4.98 Å². The first-order valence-electron chi connectivity index (χ1n) is 12.2. The van der Waals surface area contributed by atoms with E-state index in [4.69, 9.17) is 19.4 Å². The number of ether oxygens (including phenoxy) is 2. The van der Waals surface area contributed by atoms with E-state index in [1.165, 1.54) is 19.3 Å². The van der Waals surface area contributed by atoms with Crippen molar-refractivity contribution in [2.24, 2.45) is 5.92 Å². The fraction of sp³-hybridized carbons (Fsp3) is 0.500. The summed E-state index contributed by atoms with van der Waals surface area (Å²) in [4.78, 5) is 11.6. The average molecular weight is 480 g/mol. The molecule has 7 nitrogen and oxygen atoms in total. The Hall–Kier alpha value is -3.06. The van der Waals surface area contributed by atoms with Crippen molar-refractivity contribution in [2.45, 2.75) is 52.1 Å². The number of fused-ring (bicyclic) bond motifs is 1. The van der Waals surface area contributed by atoms with E-state index in [9.17, 15) is 0 Å². The summed E-state index contributed by atoms with van der Waals surface area (Å²) in [6.45, 7) is 1.79. The number of nitrogens with zero attached hydrogens (tertiary/aromatic N) is 3. The predicted molar refractivity (Wildman–Crippen MR) is 146 cm³/mol. The number of aromatic nitrogens is 2. The van der Waals surface area contributed by atoms with E-state index in [-0.39, 0.29) is 7.43 Å². The van der Waals surface area contributed by atoms with Crippen molar-refractivity contribution in [1.29, 1.82) is 0 Å². The van der Waals surface area contributed by atoms with Crippen LogP contribution in [-0.4, -0.2) is 50.9 Å². The van der Waals surface area contributed by atoms with Crippen LogP contribution in [0.3, 0.4) is 0 Å². The summed E-state index contributed by atoms with van der Waals surface area (Å²) in [6, 6.07) is 14.7. The Labute approximate surface area is 210 Å². The molecule has 1 aliphatic rings. The second-order valence-corrected chi connectivity index (χ2v) is 9.26. The van der Waals surface area contributed by atoms with Gasteiger partial charge in [-0.05, 0) is 62.8 Å². The van der Waals surface area contributed by atoms with Crippen LogP contribution in [0.5, 0.6) is 11.5 Å². The van der Waals surface area contributed by atoms with Gasteiger partial charge in [-0.3, -0.25) is 0 Å². The molecule has 0 amide bonds. The molecule has 0 unspecified atom stereocenters. The third-order valence-electron chi connectivity index (χ3n) is 6.72. The number of methoxy groups -OCH3 is 2. The molecule has 7 heteroatoms. The van der Waals surface area contributed by atoms with E-state index in [2.05, 4.69) is 33.7 Å². The van der Waals surface area contributed by atoms with Gasteiger partial charge in [0.05, 0.1) is 19.7 Å². The average Bonchev–Trinajstić information content (AvgIpc) is 2.86. The van der Waals surface area contributed by atoms with Crippen LogP contribution in [0.4, 0.5) is 11.8 Å². The Morgan fingerprint density at radius 1 is 0.943 bits per heavy atom. The molecule has 1 saturated carbocycles. The van der Waals surface area contributed by atoms with Gasteiger partial charge in [0.2, 0.25) is 5.95 Å². The quantitative estimate of drug-likeness (QED) is 0.372. The second kappa shape index (κ2) is 12.6. The van der Waals surface area contributed by atoms with Gasteiger partial charge in [-0.1, -0.05) is 31.7 Å². The maximum atomic E-state index is 5.53. The van der Waals surface area contributed by atoms with E-state index in [1.54, 1.807) is 14.2 Å². The third-order valence-corrected chi connectivity index (χ3v) is 6.72. The molecule has 0 bridgehead atoms. The van der Waals surface area contributed by atoms with Gasteiger partial charge >= 0.3 is 0 Å². The SMILES string of the molecule is C.COc1cccc(CNCCC2CCC(Nc3nc(N(C)C)c4ccccc4n3)CC2)c1OC. The van der Waals surface area contributed by atoms with E-state index < -0.39 is 0 Å². The molecule has 190 valence electrons. The van der Waals surface area contributed by atoms with Gasteiger partial charge in [0, 0.05) is 37.6 Å². The lowest BCUT2D eigenvalue weighted by Crippen LogP contribution is -2.28. The van der Waals surface area contributed by atoms with Gasteiger partial charge in [0.1, 0.15) is 5.82 Å². The van der Waals surface area contributed by atoms with Crippen LogP contribution in [0, 0.1) is 5.92 Å². The Kier molecular flexibility index (Phi) is 9.55. The van der Waals surface area contributed by atoms with E-state index in [0.717, 1.165) is 71.6 Å².